The molecule has 1 amide bonds. The Morgan fingerprint density at radius 1 is 1.38 bits per heavy atom. The Kier molecular flexibility index (Phi) is 4.56. The van der Waals surface area contributed by atoms with E-state index in [-0.39, 0.29) is 11.9 Å². The van der Waals surface area contributed by atoms with Crippen LogP contribution in [0.4, 0.5) is 0 Å². The van der Waals surface area contributed by atoms with Crippen LogP contribution in [-0.4, -0.2) is 10.2 Å². The number of nitrogens with one attached hydrogen (secondary N) is 1. The molecule has 1 N–H and O–H groups in total. The van der Waals surface area contributed by atoms with Crippen molar-refractivity contribution >= 4 is 37.8 Å². The molecule has 1 atom stereocenters. The molecule has 0 aromatic heterocycles. The Morgan fingerprint density at radius 3 is 2.44 bits per heavy atom. The highest BCUT2D eigenvalue weighted by atomic mass is 79.9. The number of carbonyl (C=O) groups is 1. The SMILES string of the molecule is CC(NC(=O)C(C)(C)Br)c1ccccc1Br. The van der Waals surface area contributed by atoms with E-state index >= 15 is 0 Å². The van der Waals surface area contributed by atoms with Crippen molar-refractivity contribution in [3.05, 3.63) is 34.3 Å². The van der Waals surface area contributed by atoms with Gasteiger partial charge in [0.15, 0.2) is 0 Å². The fourth-order valence-electron chi connectivity index (χ4n) is 1.27. The fourth-order valence-corrected chi connectivity index (χ4v) is 2.01. The van der Waals surface area contributed by atoms with Crippen LogP contribution in [-0.2, 0) is 4.79 Å². The number of carbonyl (C=O) groups excluding carboxylic acids is 1. The average Bonchev–Trinajstić information content (AvgIpc) is 2.16. The first-order chi connectivity index (χ1) is 7.32. The van der Waals surface area contributed by atoms with Gasteiger partial charge in [-0.3, -0.25) is 4.79 Å². The Labute approximate surface area is 113 Å². The third-order valence-electron chi connectivity index (χ3n) is 2.26. The van der Waals surface area contributed by atoms with Crippen molar-refractivity contribution in [2.45, 2.75) is 31.1 Å². The van der Waals surface area contributed by atoms with Crippen LogP contribution in [0, 0.1) is 0 Å². The van der Waals surface area contributed by atoms with Gasteiger partial charge in [0.25, 0.3) is 0 Å². The minimum atomic E-state index is -0.539. The van der Waals surface area contributed by atoms with Crippen molar-refractivity contribution in [1.82, 2.24) is 5.32 Å². The van der Waals surface area contributed by atoms with Crippen LogP contribution in [0.2, 0.25) is 0 Å². The number of rotatable bonds is 3. The molecular formula is C12H15Br2NO. The van der Waals surface area contributed by atoms with Crippen LogP contribution in [0.25, 0.3) is 0 Å². The summed E-state index contributed by atoms with van der Waals surface area (Å²) >= 11 is 6.81. The molecule has 1 rings (SSSR count). The van der Waals surface area contributed by atoms with Crippen LogP contribution in [0.1, 0.15) is 32.4 Å². The number of hydrogen-bond acceptors (Lipinski definition) is 1. The third kappa shape index (κ3) is 3.59. The summed E-state index contributed by atoms with van der Waals surface area (Å²) in [5, 5.41) is 2.96. The van der Waals surface area contributed by atoms with Gasteiger partial charge in [-0.1, -0.05) is 50.1 Å². The van der Waals surface area contributed by atoms with Gasteiger partial charge >= 0.3 is 0 Å². The first-order valence-corrected chi connectivity index (χ1v) is 6.65. The normalized spacial score (nSPS) is 13.3. The molecule has 0 heterocycles. The summed E-state index contributed by atoms with van der Waals surface area (Å²) in [7, 11) is 0. The highest BCUT2D eigenvalue weighted by Gasteiger charge is 2.25. The molecule has 0 fully saturated rings. The van der Waals surface area contributed by atoms with E-state index in [0.717, 1.165) is 10.0 Å². The maximum atomic E-state index is 11.8. The predicted octanol–water partition coefficient (Wildman–Crippen LogP) is 3.80. The van der Waals surface area contributed by atoms with Crippen LogP contribution in [0.3, 0.4) is 0 Å². The molecular weight excluding hydrogens is 334 g/mol. The highest BCUT2D eigenvalue weighted by molar-refractivity contribution is 9.10. The molecule has 1 aromatic rings. The molecule has 1 unspecified atom stereocenters. The highest BCUT2D eigenvalue weighted by Crippen LogP contribution is 2.24. The van der Waals surface area contributed by atoms with Crippen LogP contribution < -0.4 is 5.32 Å². The molecule has 4 heteroatoms. The van der Waals surface area contributed by atoms with Crippen molar-refractivity contribution in [2.24, 2.45) is 0 Å². The summed E-state index contributed by atoms with van der Waals surface area (Å²) in [6.45, 7) is 5.63. The zero-order valence-electron chi connectivity index (χ0n) is 9.55. The lowest BCUT2D eigenvalue weighted by Crippen LogP contribution is -2.38. The molecule has 0 saturated carbocycles. The molecule has 0 aliphatic heterocycles. The van der Waals surface area contributed by atoms with Crippen LogP contribution >= 0.6 is 31.9 Å². The Hall–Kier alpha value is -0.350. The summed E-state index contributed by atoms with van der Waals surface area (Å²) in [5.41, 5.74) is 1.08. The van der Waals surface area contributed by atoms with E-state index in [9.17, 15) is 4.79 Å². The molecule has 1 aromatic carbocycles. The lowest BCUT2D eigenvalue weighted by atomic mass is 10.1. The molecule has 16 heavy (non-hydrogen) atoms. The van der Waals surface area contributed by atoms with Crippen molar-refractivity contribution in [1.29, 1.82) is 0 Å². The lowest BCUT2D eigenvalue weighted by Gasteiger charge is -2.21. The molecule has 88 valence electrons. The predicted molar refractivity (Wildman–Crippen MR) is 73.7 cm³/mol. The molecule has 0 saturated heterocycles. The van der Waals surface area contributed by atoms with Crippen LogP contribution in [0.5, 0.6) is 0 Å². The Balaban J connectivity index is 2.78. The summed E-state index contributed by atoms with van der Waals surface area (Å²) < 4.78 is 0.470. The van der Waals surface area contributed by atoms with E-state index in [1.807, 2.05) is 45.0 Å². The second-order valence-corrected chi connectivity index (χ2v) is 7.03. The largest absolute Gasteiger partial charge is 0.348 e. The quantitative estimate of drug-likeness (QED) is 0.827. The van der Waals surface area contributed by atoms with E-state index in [2.05, 4.69) is 37.2 Å². The zero-order valence-corrected chi connectivity index (χ0v) is 12.7. The Morgan fingerprint density at radius 2 is 1.94 bits per heavy atom. The summed E-state index contributed by atoms with van der Waals surface area (Å²) in [4.78, 5) is 11.8. The first kappa shape index (κ1) is 13.7. The van der Waals surface area contributed by atoms with Gasteiger partial charge in [0.2, 0.25) is 5.91 Å². The van der Waals surface area contributed by atoms with Gasteiger partial charge in [0.05, 0.1) is 10.4 Å². The van der Waals surface area contributed by atoms with E-state index in [1.54, 1.807) is 0 Å². The standard InChI is InChI=1S/C12H15Br2NO/c1-8(15-11(16)12(2,3)14)9-6-4-5-7-10(9)13/h4-8H,1-3H3,(H,15,16). The van der Waals surface area contributed by atoms with E-state index in [0.29, 0.717) is 0 Å². The number of alkyl halides is 1. The van der Waals surface area contributed by atoms with Gasteiger partial charge in [0, 0.05) is 4.47 Å². The molecule has 0 bridgehead atoms. The minimum absolute atomic E-state index is 0.0140. The van der Waals surface area contributed by atoms with Gasteiger partial charge in [-0.2, -0.15) is 0 Å². The van der Waals surface area contributed by atoms with Crippen molar-refractivity contribution in [3.8, 4) is 0 Å². The first-order valence-electron chi connectivity index (χ1n) is 5.06. The number of amides is 1. The van der Waals surface area contributed by atoms with Gasteiger partial charge in [0.1, 0.15) is 0 Å². The number of hydrogen-bond donors (Lipinski definition) is 1. The monoisotopic (exact) mass is 347 g/mol. The smallest absolute Gasteiger partial charge is 0.236 e. The maximum absolute atomic E-state index is 11.8. The third-order valence-corrected chi connectivity index (χ3v) is 3.34. The summed E-state index contributed by atoms with van der Waals surface area (Å²) in [6.07, 6.45) is 0. The molecule has 0 aliphatic carbocycles. The maximum Gasteiger partial charge on any atom is 0.236 e. The average molecular weight is 349 g/mol. The number of halogens is 2. The van der Waals surface area contributed by atoms with Gasteiger partial charge < -0.3 is 5.32 Å². The van der Waals surface area contributed by atoms with Crippen molar-refractivity contribution < 1.29 is 4.79 Å². The summed E-state index contributed by atoms with van der Waals surface area (Å²) in [6, 6.07) is 7.87. The van der Waals surface area contributed by atoms with Gasteiger partial charge in [-0.05, 0) is 32.4 Å². The minimum Gasteiger partial charge on any atom is -0.348 e. The van der Waals surface area contributed by atoms with Crippen molar-refractivity contribution in [3.63, 3.8) is 0 Å². The molecule has 0 spiro atoms. The molecule has 0 aliphatic rings. The van der Waals surface area contributed by atoms with Gasteiger partial charge in [-0.25, -0.2) is 0 Å². The van der Waals surface area contributed by atoms with Gasteiger partial charge in [-0.15, -0.1) is 0 Å². The second-order valence-electron chi connectivity index (χ2n) is 4.19. The zero-order chi connectivity index (χ0) is 12.3. The van der Waals surface area contributed by atoms with Crippen molar-refractivity contribution in [2.75, 3.05) is 0 Å². The summed E-state index contributed by atoms with van der Waals surface area (Å²) in [5.74, 6) is -0.0178. The van der Waals surface area contributed by atoms with Crippen LogP contribution in [0.15, 0.2) is 28.7 Å². The van der Waals surface area contributed by atoms with E-state index in [4.69, 9.17) is 0 Å². The molecule has 2 nitrogen and oxygen atoms in total. The lowest BCUT2D eigenvalue weighted by molar-refractivity contribution is -0.123. The Bertz CT molecular complexity index is 385. The van der Waals surface area contributed by atoms with E-state index < -0.39 is 4.32 Å². The fraction of sp³-hybridized carbons (Fsp3) is 0.417. The number of benzene rings is 1. The van der Waals surface area contributed by atoms with E-state index in [1.165, 1.54) is 0 Å². The molecule has 0 radical (unpaired) electrons. The second kappa shape index (κ2) is 5.32. The topological polar surface area (TPSA) is 29.1 Å².